The topological polar surface area (TPSA) is 49.7 Å². The first-order valence-electron chi connectivity index (χ1n) is 5.16. The first-order chi connectivity index (χ1) is 6.46. The predicted octanol–water partition coefficient (Wildman–Crippen LogP) is 1.97. The Labute approximate surface area is 84.2 Å². The third-order valence-electron chi connectivity index (χ3n) is 4.56. The van der Waals surface area contributed by atoms with E-state index >= 15 is 0 Å². The van der Waals surface area contributed by atoms with Gasteiger partial charge in [-0.2, -0.15) is 0 Å². The minimum absolute atomic E-state index is 0.117. The van der Waals surface area contributed by atoms with Gasteiger partial charge in [-0.05, 0) is 30.6 Å². The average molecular weight is 195 g/mol. The van der Waals surface area contributed by atoms with Gasteiger partial charge < -0.3 is 5.11 Å². The van der Waals surface area contributed by atoms with Gasteiger partial charge in [-0.1, -0.05) is 13.8 Å². The summed E-state index contributed by atoms with van der Waals surface area (Å²) in [5.41, 5.74) is 0.131. The van der Waals surface area contributed by atoms with Crippen LogP contribution in [0, 0.1) is 16.7 Å². The largest absolute Gasteiger partial charge is 0.481 e. The van der Waals surface area contributed by atoms with Gasteiger partial charge in [0, 0.05) is 12.8 Å². The number of aliphatic carboxylic acids is 1. The molecular formula is C11H17NO2. The summed E-state index contributed by atoms with van der Waals surface area (Å²) in [5, 5.41) is 9.45. The van der Waals surface area contributed by atoms with Crippen molar-refractivity contribution in [1.29, 1.82) is 0 Å². The van der Waals surface area contributed by atoms with Crippen LogP contribution in [0.25, 0.3) is 0 Å². The molecular weight excluding hydrogens is 178 g/mol. The molecule has 78 valence electrons. The van der Waals surface area contributed by atoms with Crippen molar-refractivity contribution in [3.05, 3.63) is 0 Å². The van der Waals surface area contributed by atoms with Gasteiger partial charge in [0.05, 0.1) is 0 Å². The van der Waals surface area contributed by atoms with Crippen LogP contribution in [-0.2, 0) is 4.79 Å². The van der Waals surface area contributed by atoms with Crippen molar-refractivity contribution in [1.82, 2.24) is 0 Å². The van der Waals surface area contributed by atoms with Gasteiger partial charge in [0.15, 0.2) is 0 Å². The number of carboxylic acid groups (broad SMARTS) is 1. The van der Waals surface area contributed by atoms with Gasteiger partial charge in [0.25, 0.3) is 0 Å². The lowest BCUT2D eigenvalue weighted by Gasteiger charge is -2.33. The molecule has 14 heavy (non-hydrogen) atoms. The van der Waals surface area contributed by atoms with E-state index in [9.17, 15) is 9.90 Å². The number of aliphatic imine (C=N–C) groups is 1. The van der Waals surface area contributed by atoms with Gasteiger partial charge in [0.1, 0.15) is 5.41 Å². The monoisotopic (exact) mass is 195 g/mol. The summed E-state index contributed by atoms with van der Waals surface area (Å²) < 4.78 is 0. The van der Waals surface area contributed by atoms with E-state index in [1.165, 1.54) is 0 Å². The quantitative estimate of drug-likeness (QED) is 0.695. The molecule has 0 saturated heterocycles. The molecule has 2 aliphatic rings. The van der Waals surface area contributed by atoms with Crippen molar-refractivity contribution >= 4 is 11.7 Å². The highest BCUT2D eigenvalue weighted by Crippen LogP contribution is 2.64. The molecule has 1 N–H and O–H groups in total. The summed E-state index contributed by atoms with van der Waals surface area (Å²) in [5.74, 6) is -0.166. The molecule has 2 unspecified atom stereocenters. The van der Waals surface area contributed by atoms with E-state index < -0.39 is 11.4 Å². The average Bonchev–Trinajstić information content (AvgIpc) is 2.51. The Morgan fingerprint density at radius 1 is 1.57 bits per heavy atom. The second kappa shape index (κ2) is 2.59. The molecule has 3 nitrogen and oxygen atoms in total. The molecule has 2 atom stereocenters. The summed E-state index contributed by atoms with van der Waals surface area (Å²) in [6, 6.07) is 0. The number of hydrogen-bond acceptors (Lipinski definition) is 2. The molecule has 0 radical (unpaired) electrons. The summed E-state index contributed by atoms with van der Waals surface area (Å²) in [7, 11) is 1.72. The lowest BCUT2D eigenvalue weighted by Crippen LogP contribution is -2.43. The predicted molar refractivity (Wildman–Crippen MR) is 54.5 cm³/mol. The van der Waals surface area contributed by atoms with Crippen LogP contribution in [-0.4, -0.2) is 23.8 Å². The summed E-state index contributed by atoms with van der Waals surface area (Å²) >= 11 is 0. The van der Waals surface area contributed by atoms with Gasteiger partial charge in [-0.15, -0.1) is 0 Å². The zero-order chi connectivity index (χ0) is 10.6. The van der Waals surface area contributed by atoms with E-state index in [1.54, 1.807) is 7.05 Å². The van der Waals surface area contributed by atoms with E-state index in [1.807, 2.05) is 0 Å². The number of carbonyl (C=O) groups is 1. The molecule has 0 spiro atoms. The van der Waals surface area contributed by atoms with Gasteiger partial charge in [0.2, 0.25) is 0 Å². The van der Waals surface area contributed by atoms with E-state index in [2.05, 4.69) is 18.8 Å². The maximum atomic E-state index is 11.5. The van der Waals surface area contributed by atoms with E-state index in [4.69, 9.17) is 0 Å². The summed E-state index contributed by atoms with van der Waals surface area (Å²) in [6.07, 6.45) is 2.70. The second-order valence-corrected chi connectivity index (χ2v) is 5.04. The molecule has 2 fully saturated rings. The minimum Gasteiger partial charge on any atom is -0.481 e. The fourth-order valence-electron chi connectivity index (χ4n) is 3.49. The lowest BCUT2D eigenvalue weighted by atomic mass is 9.68. The van der Waals surface area contributed by atoms with Gasteiger partial charge >= 0.3 is 5.97 Å². The maximum absolute atomic E-state index is 11.5. The molecule has 0 aromatic carbocycles. The number of nitrogens with zero attached hydrogens (tertiary/aromatic N) is 1. The van der Waals surface area contributed by atoms with Crippen LogP contribution >= 0.6 is 0 Å². The Balaban J connectivity index is 2.57. The van der Waals surface area contributed by atoms with E-state index in [-0.39, 0.29) is 5.41 Å². The Hall–Kier alpha value is -0.860. The summed E-state index contributed by atoms with van der Waals surface area (Å²) in [4.78, 5) is 15.7. The molecule has 0 amide bonds. The smallest absolute Gasteiger partial charge is 0.315 e. The second-order valence-electron chi connectivity index (χ2n) is 5.04. The summed E-state index contributed by atoms with van der Waals surface area (Å²) in [6.45, 7) is 4.16. The highest BCUT2D eigenvalue weighted by atomic mass is 16.4. The Morgan fingerprint density at radius 2 is 2.21 bits per heavy atom. The Morgan fingerprint density at radius 3 is 2.57 bits per heavy atom. The Bertz CT molecular complexity index is 319. The molecule has 2 bridgehead atoms. The highest BCUT2D eigenvalue weighted by molar-refractivity contribution is 6.09. The van der Waals surface area contributed by atoms with Crippen molar-refractivity contribution in [2.24, 2.45) is 21.7 Å². The van der Waals surface area contributed by atoms with Crippen molar-refractivity contribution < 1.29 is 9.90 Å². The Kier molecular flexibility index (Phi) is 1.79. The fraction of sp³-hybridized carbons (Fsp3) is 0.818. The van der Waals surface area contributed by atoms with Crippen LogP contribution < -0.4 is 0 Å². The lowest BCUT2D eigenvalue weighted by molar-refractivity contribution is -0.148. The fourth-order valence-corrected chi connectivity index (χ4v) is 3.49. The molecule has 0 aromatic rings. The first kappa shape index (κ1) is 9.69. The van der Waals surface area contributed by atoms with Crippen molar-refractivity contribution in [2.45, 2.75) is 33.1 Å². The van der Waals surface area contributed by atoms with Crippen LogP contribution in [0.3, 0.4) is 0 Å². The number of hydrogen-bond donors (Lipinski definition) is 1. The van der Waals surface area contributed by atoms with E-state index in [0.29, 0.717) is 5.92 Å². The molecule has 3 heteroatoms. The third kappa shape index (κ3) is 0.787. The van der Waals surface area contributed by atoms with Crippen LogP contribution in [0.1, 0.15) is 33.1 Å². The van der Waals surface area contributed by atoms with Gasteiger partial charge in [-0.25, -0.2) is 0 Å². The number of rotatable bonds is 1. The van der Waals surface area contributed by atoms with Gasteiger partial charge in [-0.3, -0.25) is 9.79 Å². The van der Waals surface area contributed by atoms with Crippen molar-refractivity contribution in [3.63, 3.8) is 0 Å². The minimum atomic E-state index is -0.678. The molecule has 0 heterocycles. The molecule has 2 aliphatic carbocycles. The third-order valence-corrected chi connectivity index (χ3v) is 4.56. The van der Waals surface area contributed by atoms with Crippen molar-refractivity contribution in [3.8, 4) is 0 Å². The van der Waals surface area contributed by atoms with Crippen molar-refractivity contribution in [2.75, 3.05) is 7.05 Å². The number of carboxylic acids is 1. The highest BCUT2D eigenvalue weighted by Gasteiger charge is 2.66. The first-order valence-corrected chi connectivity index (χ1v) is 5.16. The standard InChI is InChI=1S/C11H17NO2/c1-10(2)7-4-5-11(10,9(13)14)8(6-7)12-3/h7H,4-6H2,1-3H3,(H,13,14)/b12-8+. The zero-order valence-corrected chi connectivity index (χ0v) is 9.00. The molecule has 2 saturated carbocycles. The van der Waals surface area contributed by atoms with E-state index in [0.717, 1.165) is 25.0 Å². The molecule has 2 rings (SSSR count). The normalized spacial score (nSPS) is 41.9. The number of fused-ring (bicyclic) bond motifs is 2. The SMILES string of the molecule is C/N=C1\CC2CCC1(C(=O)O)C2(C)C. The van der Waals surface area contributed by atoms with Crippen LogP contribution in [0.15, 0.2) is 4.99 Å². The maximum Gasteiger partial charge on any atom is 0.315 e. The van der Waals surface area contributed by atoms with Crippen LogP contribution in [0.2, 0.25) is 0 Å². The molecule has 0 aliphatic heterocycles. The zero-order valence-electron chi connectivity index (χ0n) is 9.00. The van der Waals surface area contributed by atoms with Crippen LogP contribution in [0.5, 0.6) is 0 Å². The van der Waals surface area contributed by atoms with Crippen LogP contribution in [0.4, 0.5) is 0 Å². The molecule has 0 aromatic heterocycles.